The van der Waals surface area contributed by atoms with E-state index in [0.717, 1.165) is 18.8 Å². The third kappa shape index (κ3) is 4.69. The lowest BCUT2D eigenvalue weighted by atomic mass is 10.0. The maximum Gasteiger partial charge on any atom is 0.305 e. The summed E-state index contributed by atoms with van der Waals surface area (Å²) in [6, 6.07) is 17.0. The Hall–Kier alpha value is -3.81. The van der Waals surface area contributed by atoms with E-state index < -0.39 is 17.9 Å². The zero-order valence-electron chi connectivity index (χ0n) is 17.0. The number of nitrogens with one attached hydrogen (secondary N) is 2. The Morgan fingerprint density at radius 1 is 1.00 bits per heavy atom. The van der Waals surface area contributed by atoms with Gasteiger partial charge in [-0.05, 0) is 42.7 Å². The highest BCUT2D eigenvalue weighted by Gasteiger charge is 2.21. The van der Waals surface area contributed by atoms with Crippen LogP contribution in [0.2, 0.25) is 0 Å². The largest absolute Gasteiger partial charge is 0.481 e. The number of carboxylic acid groups (broad SMARTS) is 1. The minimum absolute atomic E-state index is 0.0675. The first-order chi connectivity index (χ1) is 15.0. The molecule has 1 saturated heterocycles. The molecule has 1 fully saturated rings. The topological polar surface area (TPSA) is 107 Å². The van der Waals surface area contributed by atoms with Crippen LogP contribution in [0.4, 0.5) is 5.69 Å². The van der Waals surface area contributed by atoms with E-state index in [9.17, 15) is 19.5 Å². The molecule has 1 atom stereocenters. The number of amides is 1. The second-order valence-electron chi connectivity index (χ2n) is 7.59. The van der Waals surface area contributed by atoms with Gasteiger partial charge in [-0.3, -0.25) is 19.5 Å². The van der Waals surface area contributed by atoms with Crippen molar-refractivity contribution in [2.45, 2.75) is 25.3 Å². The first kappa shape index (κ1) is 20.5. The molecule has 8 heteroatoms. The molecule has 0 bridgehead atoms. The molecule has 3 aromatic rings. The molecule has 160 valence electrons. The van der Waals surface area contributed by atoms with Gasteiger partial charge < -0.3 is 15.3 Å². The monoisotopic (exact) mass is 420 g/mol. The number of hydrogen-bond acceptors (Lipinski definition) is 4. The average molecular weight is 420 g/mol. The fraction of sp³-hybridized carbons (Fsp3) is 0.261. The Morgan fingerprint density at radius 3 is 2.32 bits per heavy atom. The fourth-order valence-corrected chi connectivity index (χ4v) is 3.84. The van der Waals surface area contributed by atoms with Crippen molar-refractivity contribution in [3.63, 3.8) is 0 Å². The summed E-state index contributed by atoms with van der Waals surface area (Å²) in [6.45, 7) is 2.03. The van der Waals surface area contributed by atoms with Crippen molar-refractivity contribution in [2.75, 3.05) is 18.0 Å². The smallest absolute Gasteiger partial charge is 0.305 e. The van der Waals surface area contributed by atoms with Crippen LogP contribution in [0.5, 0.6) is 0 Å². The highest BCUT2D eigenvalue weighted by Crippen LogP contribution is 2.24. The van der Waals surface area contributed by atoms with Crippen molar-refractivity contribution in [3.05, 3.63) is 82.3 Å². The van der Waals surface area contributed by atoms with Gasteiger partial charge in [0.05, 0.1) is 18.2 Å². The minimum atomic E-state index is -1.02. The maximum absolute atomic E-state index is 12.8. The van der Waals surface area contributed by atoms with E-state index in [1.54, 1.807) is 24.3 Å². The van der Waals surface area contributed by atoms with Gasteiger partial charge in [0.15, 0.2) is 0 Å². The number of aromatic amines is 1. The lowest BCUT2D eigenvalue weighted by molar-refractivity contribution is -0.137. The normalized spacial score (nSPS) is 14.4. The highest BCUT2D eigenvalue weighted by atomic mass is 16.4. The average Bonchev–Trinajstić information content (AvgIpc) is 3.44. The molecule has 3 N–H and O–H groups in total. The summed E-state index contributed by atoms with van der Waals surface area (Å²) in [6.07, 6.45) is 2.07. The number of aromatic nitrogens is 2. The molecule has 0 aliphatic carbocycles. The number of rotatable bonds is 7. The van der Waals surface area contributed by atoms with Crippen molar-refractivity contribution in [2.24, 2.45) is 0 Å². The number of hydrogen-bond donors (Lipinski definition) is 3. The van der Waals surface area contributed by atoms with Crippen LogP contribution in [0.3, 0.4) is 0 Å². The highest BCUT2D eigenvalue weighted by molar-refractivity contribution is 5.92. The van der Waals surface area contributed by atoms with Gasteiger partial charge in [-0.1, -0.05) is 30.3 Å². The molecule has 0 saturated carbocycles. The Labute approximate surface area is 179 Å². The standard InChI is InChI=1S/C23H24N4O4/c28-21-14-20(25-27(21)18-6-2-1-3-7-18)23(31)24-19(15-22(29)30)16-8-10-17(11-9-16)26-12-4-5-13-26/h1-3,6-11,14,19,25H,4-5,12-13,15H2,(H,24,31)(H,29,30). The lowest BCUT2D eigenvalue weighted by Gasteiger charge is -2.20. The first-order valence-corrected chi connectivity index (χ1v) is 10.3. The third-order valence-corrected chi connectivity index (χ3v) is 5.43. The fourth-order valence-electron chi connectivity index (χ4n) is 3.84. The molecule has 4 rings (SSSR count). The molecule has 1 amide bonds. The van der Waals surface area contributed by atoms with Crippen molar-refractivity contribution in [1.82, 2.24) is 15.1 Å². The van der Waals surface area contributed by atoms with Crippen LogP contribution in [0.1, 0.15) is 41.4 Å². The Morgan fingerprint density at radius 2 is 1.68 bits per heavy atom. The van der Waals surface area contributed by atoms with E-state index in [1.807, 2.05) is 30.3 Å². The SMILES string of the molecule is O=C(O)CC(NC(=O)c1cc(=O)n(-c2ccccc2)[nH]1)c1ccc(N2CCCC2)cc1. The van der Waals surface area contributed by atoms with Gasteiger partial charge in [0.2, 0.25) is 0 Å². The predicted octanol–water partition coefficient (Wildman–Crippen LogP) is 2.71. The van der Waals surface area contributed by atoms with Gasteiger partial charge in [-0.2, -0.15) is 0 Å². The summed E-state index contributed by atoms with van der Waals surface area (Å²) in [5.74, 6) is -1.56. The molecule has 0 radical (unpaired) electrons. The number of anilines is 1. The predicted molar refractivity (Wildman–Crippen MR) is 117 cm³/mol. The van der Waals surface area contributed by atoms with Crippen molar-refractivity contribution in [1.29, 1.82) is 0 Å². The molecular formula is C23H24N4O4. The molecule has 1 unspecified atom stereocenters. The van der Waals surface area contributed by atoms with Gasteiger partial charge in [-0.15, -0.1) is 0 Å². The molecular weight excluding hydrogens is 396 g/mol. The van der Waals surface area contributed by atoms with Gasteiger partial charge in [-0.25, -0.2) is 4.68 Å². The Bertz CT molecular complexity index is 1110. The van der Waals surface area contributed by atoms with Crippen molar-refractivity contribution >= 4 is 17.6 Å². The quantitative estimate of drug-likeness (QED) is 0.545. The molecule has 0 spiro atoms. The zero-order valence-corrected chi connectivity index (χ0v) is 17.0. The molecule has 1 aliphatic rings. The number of carboxylic acids is 1. The molecule has 31 heavy (non-hydrogen) atoms. The van der Waals surface area contributed by atoms with Crippen LogP contribution >= 0.6 is 0 Å². The maximum atomic E-state index is 12.8. The number of para-hydroxylation sites is 1. The van der Waals surface area contributed by atoms with Gasteiger partial charge in [0.25, 0.3) is 11.5 Å². The number of H-pyrrole nitrogens is 1. The van der Waals surface area contributed by atoms with E-state index >= 15 is 0 Å². The molecule has 2 aromatic carbocycles. The van der Waals surface area contributed by atoms with Crippen LogP contribution in [-0.4, -0.2) is 39.9 Å². The number of nitrogens with zero attached hydrogens (tertiary/aromatic N) is 2. The lowest BCUT2D eigenvalue weighted by Crippen LogP contribution is -2.30. The summed E-state index contributed by atoms with van der Waals surface area (Å²) in [5.41, 5.74) is 2.08. The third-order valence-electron chi connectivity index (χ3n) is 5.43. The summed E-state index contributed by atoms with van der Waals surface area (Å²) >= 11 is 0. The van der Waals surface area contributed by atoms with Gasteiger partial charge in [0.1, 0.15) is 5.69 Å². The number of aliphatic carboxylic acids is 1. The number of carbonyl (C=O) groups is 2. The van der Waals surface area contributed by atoms with E-state index in [4.69, 9.17) is 0 Å². The van der Waals surface area contributed by atoms with E-state index in [0.29, 0.717) is 11.3 Å². The minimum Gasteiger partial charge on any atom is -0.481 e. The van der Waals surface area contributed by atoms with Crippen LogP contribution < -0.4 is 15.8 Å². The summed E-state index contributed by atoms with van der Waals surface area (Å²) in [4.78, 5) is 38.8. The van der Waals surface area contributed by atoms with Gasteiger partial charge in [0, 0.05) is 24.8 Å². The summed E-state index contributed by atoms with van der Waals surface area (Å²) in [5, 5.41) is 14.9. The Kier molecular flexibility index (Phi) is 5.88. The molecule has 1 aromatic heterocycles. The second kappa shape index (κ2) is 8.91. The van der Waals surface area contributed by atoms with Crippen LogP contribution in [-0.2, 0) is 4.79 Å². The van der Waals surface area contributed by atoms with Crippen LogP contribution in [0.15, 0.2) is 65.5 Å². The number of carbonyl (C=O) groups excluding carboxylic acids is 1. The zero-order chi connectivity index (χ0) is 21.8. The number of benzene rings is 2. The summed E-state index contributed by atoms with van der Waals surface area (Å²) in [7, 11) is 0. The van der Waals surface area contributed by atoms with Crippen LogP contribution in [0, 0.1) is 0 Å². The van der Waals surface area contributed by atoms with E-state index in [-0.39, 0.29) is 17.7 Å². The second-order valence-corrected chi connectivity index (χ2v) is 7.59. The molecule has 8 nitrogen and oxygen atoms in total. The first-order valence-electron chi connectivity index (χ1n) is 10.3. The molecule has 1 aliphatic heterocycles. The van der Waals surface area contributed by atoms with Crippen molar-refractivity contribution in [3.8, 4) is 5.69 Å². The van der Waals surface area contributed by atoms with Crippen LogP contribution in [0.25, 0.3) is 5.69 Å². The Balaban J connectivity index is 1.53. The van der Waals surface area contributed by atoms with Crippen molar-refractivity contribution < 1.29 is 14.7 Å². The van der Waals surface area contributed by atoms with Gasteiger partial charge >= 0.3 is 5.97 Å². The molecule has 2 heterocycles. The summed E-state index contributed by atoms with van der Waals surface area (Å²) < 4.78 is 1.27. The van der Waals surface area contributed by atoms with E-state index in [2.05, 4.69) is 15.3 Å². The van der Waals surface area contributed by atoms with E-state index in [1.165, 1.54) is 23.6 Å².